The largest absolute Gasteiger partial charge is 0.489 e. The van der Waals surface area contributed by atoms with E-state index in [-0.39, 0.29) is 24.0 Å². The third-order valence-electron chi connectivity index (χ3n) is 7.23. The molecule has 2 aliphatic heterocycles. The molecule has 8 nitrogen and oxygen atoms in total. The third-order valence-corrected chi connectivity index (χ3v) is 8.09. The van der Waals surface area contributed by atoms with Gasteiger partial charge in [-0.25, -0.2) is 9.78 Å². The van der Waals surface area contributed by atoms with E-state index in [1.165, 1.54) is 0 Å². The second-order valence-corrected chi connectivity index (χ2v) is 11.9. The molecule has 3 aliphatic rings. The molecule has 3 atom stereocenters. The lowest BCUT2D eigenvalue weighted by Gasteiger charge is -2.39. The number of benzene rings is 1. The molecule has 2 aromatic rings. The first-order valence-electron chi connectivity index (χ1n) is 13.1. The molecule has 1 aliphatic carbocycles. The van der Waals surface area contributed by atoms with E-state index in [4.69, 9.17) is 9.47 Å². The average molecular weight is 525 g/mol. The fourth-order valence-corrected chi connectivity index (χ4v) is 5.83. The number of ether oxygens (including phenoxy) is 2. The molecule has 2 fully saturated rings. The summed E-state index contributed by atoms with van der Waals surface area (Å²) < 4.78 is 13.0. The van der Waals surface area contributed by atoms with Crippen LogP contribution in [0.25, 0.3) is 15.8 Å². The summed E-state index contributed by atoms with van der Waals surface area (Å²) in [5.41, 5.74) is 4.56. The number of hydrogen-bond acceptors (Lipinski definition) is 7. The molecule has 3 heterocycles. The van der Waals surface area contributed by atoms with Crippen LogP contribution in [0.3, 0.4) is 0 Å². The van der Waals surface area contributed by atoms with Crippen LogP contribution in [-0.4, -0.2) is 77.3 Å². The molecule has 37 heavy (non-hydrogen) atoms. The van der Waals surface area contributed by atoms with Gasteiger partial charge in [0.25, 0.3) is 0 Å². The number of carbonyl (C=O) groups is 2. The Hall–Kier alpha value is -2.91. The van der Waals surface area contributed by atoms with E-state index in [1.54, 1.807) is 16.2 Å². The first-order valence-corrected chi connectivity index (χ1v) is 14.0. The monoisotopic (exact) mass is 524 g/mol. The molecule has 0 bridgehead atoms. The highest BCUT2D eigenvalue weighted by Crippen LogP contribution is 2.36. The smallest absolute Gasteiger partial charge is 0.410 e. The summed E-state index contributed by atoms with van der Waals surface area (Å²) in [7, 11) is 0. The lowest BCUT2D eigenvalue weighted by Crippen LogP contribution is -2.52. The number of nitrogens with zero attached hydrogens (tertiary/aromatic N) is 3. The first-order chi connectivity index (χ1) is 17.7. The zero-order valence-corrected chi connectivity index (χ0v) is 22.8. The number of fused-ring (bicyclic) bond motifs is 1. The highest BCUT2D eigenvalue weighted by atomic mass is 32.1. The van der Waals surface area contributed by atoms with Crippen LogP contribution in [0.15, 0.2) is 35.9 Å². The summed E-state index contributed by atoms with van der Waals surface area (Å²) >= 11 is 1.58. The van der Waals surface area contributed by atoms with E-state index < -0.39 is 5.60 Å². The Morgan fingerprint density at radius 1 is 1.22 bits per heavy atom. The molecule has 0 saturated carbocycles. The number of aromatic nitrogens is 1. The van der Waals surface area contributed by atoms with Crippen molar-refractivity contribution in [2.24, 2.45) is 5.92 Å². The highest BCUT2D eigenvalue weighted by molar-refractivity contribution is 7.17. The molecule has 2 amide bonds. The first kappa shape index (κ1) is 25.7. The normalized spacial score (nSPS) is 23.6. The van der Waals surface area contributed by atoms with Gasteiger partial charge >= 0.3 is 6.09 Å². The number of amides is 2. The molecule has 3 unspecified atom stereocenters. The second kappa shape index (κ2) is 10.5. The molecular weight excluding hydrogens is 488 g/mol. The number of carbonyl (C=O) groups excluding carboxylic acids is 2. The van der Waals surface area contributed by atoms with E-state index in [0.717, 1.165) is 46.6 Å². The van der Waals surface area contributed by atoms with Crippen LogP contribution < -0.4 is 10.1 Å². The molecule has 198 valence electrons. The Balaban J connectivity index is 1.23. The fraction of sp³-hybridized carbons (Fsp3) is 0.536. The van der Waals surface area contributed by atoms with E-state index in [2.05, 4.69) is 45.6 Å². The van der Waals surface area contributed by atoms with Crippen molar-refractivity contribution in [3.63, 3.8) is 0 Å². The Morgan fingerprint density at radius 2 is 2.00 bits per heavy atom. The molecule has 2 saturated heterocycles. The van der Waals surface area contributed by atoms with Gasteiger partial charge in [-0.1, -0.05) is 18.2 Å². The number of hydrogen-bond donors (Lipinski definition) is 1. The van der Waals surface area contributed by atoms with E-state index in [1.807, 2.05) is 33.2 Å². The molecule has 1 aromatic carbocycles. The van der Waals surface area contributed by atoms with Crippen molar-refractivity contribution in [2.45, 2.75) is 58.3 Å². The van der Waals surface area contributed by atoms with Crippen molar-refractivity contribution in [3.05, 3.63) is 41.4 Å². The minimum Gasteiger partial charge on any atom is -0.489 e. The van der Waals surface area contributed by atoms with E-state index in [0.29, 0.717) is 32.1 Å². The van der Waals surface area contributed by atoms with Crippen molar-refractivity contribution in [3.8, 4) is 5.75 Å². The topological polar surface area (TPSA) is 84.0 Å². The minimum atomic E-state index is -0.473. The minimum absolute atomic E-state index is 0.0703. The van der Waals surface area contributed by atoms with Crippen molar-refractivity contribution in [1.82, 2.24) is 20.1 Å². The van der Waals surface area contributed by atoms with Gasteiger partial charge in [-0.3, -0.25) is 9.69 Å². The summed E-state index contributed by atoms with van der Waals surface area (Å²) in [5, 5.41) is 2.90. The molecule has 0 spiro atoms. The van der Waals surface area contributed by atoms with Gasteiger partial charge in [0.2, 0.25) is 5.91 Å². The molecule has 9 heteroatoms. The lowest BCUT2D eigenvalue weighted by molar-refractivity contribution is -0.119. The predicted octanol–water partition coefficient (Wildman–Crippen LogP) is 4.46. The van der Waals surface area contributed by atoms with Gasteiger partial charge in [-0.2, -0.15) is 0 Å². The Labute approximate surface area is 222 Å². The predicted molar refractivity (Wildman–Crippen MR) is 146 cm³/mol. The quantitative estimate of drug-likeness (QED) is 0.622. The summed E-state index contributed by atoms with van der Waals surface area (Å²) in [5.74, 6) is 1.09. The van der Waals surface area contributed by atoms with Gasteiger partial charge in [0.05, 0.1) is 15.7 Å². The fourth-order valence-electron chi connectivity index (χ4n) is 5.10. The van der Waals surface area contributed by atoms with Crippen LogP contribution in [0.4, 0.5) is 4.79 Å². The maximum absolute atomic E-state index is 12.4. The maximum Gasteiger partial charge on any atom is 0.410 e. The van der Waals surface area contributed by atoms with Gasteiger partial charge < -0.3 is 19.7 Å². The summed E-state index contributed by atoms with van der Waals surface area (Å²) in [6.45, 7) is 11.4. The molecule has 1 aromatic heterocycles. The van der Waals surface area contributed by atoms with Gasteiger partial charge in [0.15, 0.2) is 0 Å². The van der Waals surface area contributed by atoms with Gasteiger partial charge in [0.1, 0.15) is 17.5 Å². The molecule has 1 N–H and O–H groups in total. The van der Waals surface area contributed by atoms with Gasteiger partial charge in [0, 0.05) is 51.1 Å². The molecule has 0 radical (unpaired) electrons. The number of nitrogens with one attached hydrogen (secondary N) is 1. The van der Waals surface area contributed by atoms with Crippen molar-refractivity contribution in [1.29, 1.82) is 0 Å². The third kappa shape index (κ3) is 5.99. The Morgan fingerprint density at radius 3 is 2.65 bits per heavy atom. The van der Waals surface area contributed by atoms with Gasteiger partial charge in [-0.05, 0) is 57.4 Å². The lowest BCUT2D eigenvalue weighted by atomic mass is 9.95. The van der Waals surface area contributed by atoms with Gasteiger partial charge in [-0.15, -0.1) is 11.3 Å². The average Bonchev–Trinajstić information content (AvgIpc) is 3.52. The number of piperazine rings is 1. The number of thiazole rings is 1. The molecule has 5 rings (SSSR count). The van der Waals surface area contributed by atoms with Crippen LogP contribution in [0.1, 0.15) is 46.1 Å². The van der Waals surface area contributed by atoms with Crippen LogP contribution in [0.2, 0.25) is 0 Å². The zero-order valence-electron chi connectivity index (χ0n) is 22.0. The standard InChI is InChI=1S/C28H36N4O4S/c1-18(21-15-25(33)29-16-21)35-24-14-20(13-23-26(24)37-17-30-23)19-5-7-22(8-6-19)31-9-11-32(12-10-31)27(34)36-28(2,3)4/h5-7,13-14,17-18,21-22H,8-12,15-16H2,1-4H3,(H,29,33). The Bertz CT molecular complexity index is 1220. The van der Waals surface area contributed by atoms with Crippen LogP contribution in [0, 0.1) is 5.92 Å². The molecular formula is C28H36N4O4S. The van der Waals surface area contributed by atoms with Crippen LogP contribution >= 0.6 is 11.3 Å². The SMILES string of the molecule is CC(Oc1cc(C2=CCC(N3CCN(C(=O)OC(C)(C)C)CC3)C=C2)cc2ncsc12)C1CNC(=O)C1. The second-order valence-electron chi connectivity index (χ2n) is 11.1. The van der Waals surface area contributed by atoms with Crippen molar-refractivity contribution < 1.29 is 19.1 Å². The number of allylic oxidation sites excluding steroid dienone is 2. The highest BCUT2D eigenvalue weighted by Gasteiger charge is 2.30. The summed E-state index contributed by atoms with van der Waals surface area (Å²) in [4.78, 5) is 32.8. The van der Waals surface area contributed by atoms with Crippen molar-refractivity contribution >= 4 is 39.1 Å². The van der Waals surface area contributed by atoms with E-state index >= 15 is 0 Å². The Kier molecular flexibility index (Phi) is 7.27. The zero-order chi connectivity index (χ0) is 26.2. The summed E-state index contributed by atoms with van der Waals surface area (Å²) in [6, 6.07) is 4.55. The maximum atomic E-state index is 12.4. The number of rotatable bonds is 5. The van der Waals surface area contributed by atoms with E-state index in [9.17, 15) is 9.59 Å². The summed E-state index contributed by atoms with van der Waals surface area (Å²) in [6.07, 6.45) is 7.86. The van der Waals surface area contributed by atoms with Crippen LogP contribution in [0.5, 0.6) is 5.75 Å². The van der Waals surface area contributed by atoms with Crippen LogP contribution in [-0.2, 0) is 9.53 Å². The van der Waals surface area contributed by atoms with Crippen molar-refractivity contribution in [2.75, 3.05) is 32.7 Å².